The van der Waals surface area contributed by atoms with E-state index in [2.05, 4.69) is 0 Å². The molecule has 0 aromatic rings. The Morgan fingerprint density at radius 1 is 1.09 bits per heavy atom. The molecule has 64 valence electrons. The monoisotopic (exact) mass is 158 g/mol. The minimum Gasteiger partial charge on any atom is -0.481 e. The number of aliphatic carboxylic acids is 1. The number of carbonyl (C=O) groups is 2. The van der Waals surface area contributed by atoms with E-state index in [1.54, 1.807) is 6.92 Å². The van der Waals surface area contributed by atoms with Gasteiger partial charge in [-0.25, -0.2) is 0 Å². The Morgan fingerprint density at radius 2 is 1.64 bits per heavy atom. The topological polar surface area (TPSA) is 54.4 Å². The lowest BCUT2D eigenvalue weighted by Gasteiger charge is -1.95. The number of rotatable bonds is 6. The number of unbranched alkanes of at least 4 members (excludes halogenated alkanes) is 2. The molecular weight excluding hydrogens is 144 g/mol. The highest BCUT2D eigenvalue weighted by atomic mass is 16.4. The number of hydrogen-bond donors (Lipinski definition) is 1. The van der Waals surface area contributed by atoms with Crippen LogP contribution in [0.1, 0.15) is 39.0 Å². The van der Waals surface area contributed by atoms with Crippen molar-refractivity contribution >= 4 is 11.8 Å². The summed E-state index contributed by atoms with van der Waals surface area (Å²) in [5.74, 6) is -0.576. The minimum atomic E-state index is -0.757. The first-order chi connectivity index (χ1) is 5.13. The van der Waals surface area contributed by atoms with Gasteiger partial charge in [0.15, 0.2) is 0 Å². The number of ketones is 1. The summed E-state index contributed by atoms with van der Waals surface area (Å²) in [6.45, 7) is 1.55. The van der Waals surface area contributed by atoms with E-state index in [-0.39, 0.29) is 12.2 Å². The van der Waals surface area contributed by atoms with Gasteiger partial charge in [-0.1, -0.05) is 6.42 Å². The number of Topliss-reactive ketones (excluding diaryl/α,β-unsaturated/α-hetero) is 1. The average molecular weight is 158 g/mol. The standard InChI is InChI=1S/C8H14O3/c1-7(9)5-3-2-4-6-8(10)11/h2-6H2,1H3,(H,10,11). The molecule has 0 unspecified atom stereocenters. The van der Waals surface area contributed by atoms with E-state index in [1.165, 1.54) is 0 Å². The third-order valence-corrected chi connectivity index (χ3v) is 1.42. The smallest absolute Gasteiger partial charge is 0.303 e. The van der Waals surface area contributed by atoms with Gasteiger partial charge in [0.05, 0.1) is 0 Å². The molecule has 11 heavy (non-hydrogen) atoms. The van der Waals surface area contributed by atoms with Crippen LogP contribution in [0.25, 0.3) is 0 Å². The SMILES string of the molecule is CC(=O)CCCCCC(=O)O. The van der Waals surface area contributed by atoms with E-state index in [0.717, 1.165) is 12.8 Å². The summed E-state index contributed by atoms with van der Waals surface area (Å²) in [7, 11) is 0. The summed E-state index contributed by atoms with van der Waals surface area (Å²) in [6, 6.07) is 0. The molecule has 0 aromatic heterocycles. The summed E-state index contributed by atoms with van der Waals surface area (Å²) in [4.78, 5) is 20.5. The molecule has 0 amide bonds. The molecule has 0 aliphatic rings. The van der Waals surface area contributed by atoms with E-state index in [1.807, 2.05) is 0 Å². The predicted molar refractivity (Wildman–Crippen MR) is 41.4 cm³/mol. The molecule has 0 saturated heterocycles. The van der Waals surface area contributed by atoms with Crippen LogP contribution >= 0.6 is 0 Å². The Balaban J connectivity index is 3.03. The Morgan fingerprint density at radius 3 is 2.09 bits per heavy atom. The van der Waals surface area contributed by atoms with Crippen molar-refractivity contribution < 1.29 is 14.7 Å². The third kappa shape index (κ3) is 9.14. The normalized spacial score (nSPS) is 9.55. The van der Waals surface area contributed by atoms with Gasteiger partial charge in [0, 0.05) is 12.8 Å². The van der Waals surface area contributed by atoms with Crippen LogP contribution < -0.4 is 0 Å². The maximum Gasteiger partial charge on any atom is 0.303 e. The second kappa shape index (κ2) is 5.89. The quantitative estimate of drug-likeness (QED) is 0.597. The van der Waals surface area contributed by atoms with E-state index in [9.17, 15) is 9.59 Å². The third-order valence-electron chi connectivity index (χ3n) is 1.42. The minimum absolute atomic E-state index is 0.181. The first-order valence-corrected chi connectivity index (χ1v) is 3.84. The Labute approximate surface area is 66.4 Å². The lowest BCUT2D eigenvalue weighted by Crippen LogP contribution is -1.94. The van der Waals surface area contributed by atoms with Gasteiger partial charge in [-0.2, -0.15) is 0 Å². The number of carboxylic acids is 1. The predicted octanol–water partition coefficient (Wildman–Crippen LogP) is 1.61. The van der Waals surface area contributed by atoms with Gasteiger partial charge in [0.1, 0.15) is 5.78 Å². The summed E-state index contributed by atoms with van der Waals surface area (Å²) >= 11 is 0. The van der Waals surface area contributed by atoms with Gasteiger partial charge in [0.2, 0.25) is 0 Å². The maximum atomic E-state index is 10.4. The number of carbonyl (C=O) groups excluding carboxylic acids is 1. The fourth-order valence-electron chi connectivity index (χ4n) is 0.827. The fraction of sp³-hybridized carbons (Fsp3) is 0.750. The summed E-state index contributed by atoms with van der Waals surface area (Å²) in [5.41, 5.74) is 0. The van der Waals surface area contributed by atoms with Gasteiger partial charge in [-0.15, -0.1) is 0 Å². The second-order valence-electron chi connectivity index (χ2n) is 2.66. The van der Waals surface area contributed by atoms with Crippen LogP contribution in [0.15, 0.2) is 0 Å². The van der Waals surface area contributed by atoms with Gasteiger partial charge < -0.3 is 9.90 Å². The van der Waals surface area contributed by atoms with Crippen molar-refractivity contribution in [2.45, 2.75) is 39.0 Å². The molecule has 0 aliphatic carbocycles. The summed E-state index contributed by atoms with van der Waals surface area (Å²) in [6.07, 6.45) is 3.15. The average Bonchev–Trinajstić information content (AvgIpc) is 1.85. The second-order valence-corrected chi connectivity index (χ2v) is 2.66. The Kier molecular flexibility index (Phi) is 5.43. The Bertz CT molecular complexity index is 124. The molecule has 3 heteroatoms. The van der Waals surface area contributed by atoms with Gasteiger partial charge in [0.25, 0.3) is 0 Å². The summed E-state index contributed by atoms with van der Waals surface area (Å²) < 4.78 is 0. The largest absolute Gasteiger partial charge is 0.481 e. The molecule has 0 rings (SSSR count). The first kappa shape index (κ1) is 10.1. The molecule has 0 aliphatic heterocycles. The molecule has 0 fully saturated rings. The van der Waals surface area contributed by atoms with Crippen LogP contribution in [0.2, 0.25) is 0 Å². The van der Waals surface area contributed by atoms with Crippen LogP contribution in [0.3, 0.4) is 0 Å². The van der Waals surface area contributed by atoms with Crippen LogP contribution in [-0.2, 0) is 9.59 Å². The highest BCUT2D eigenvalue weighted by Gasteiger charge is 1.97. The highest BCUT2D eigenvalue weighted by Crippen LogP contribution is 2.02. The van der Waals surface area contributed by atoms with Crippen molar-refractivity contribution in [2.75, 3.05) is 0 Å². The molecule has 0 spiro atoms. The van der Waals surface area contributed by atoms with Gasteiger partial charge in [-0.05, 0) is 19.8 Å². The van der Waals surface area contributed by atoms with Crippen molar-refractivity contribution in [3.8, 4) is 0 Å². The zero-order chi connectivity index (χ0) is 8.69. The fourth-order valence-corrected chi connectivity index (χ4v) is 0.827. The number of hydrogen-bond acceptors (Lipinski definition) is 2. The first-order valence-electron chi connectivity index (χ1n) is 3.84. The highest BCUT2D eigenvalue weighted by molar-refractivity contribution is 5.75. The van der Waals surface area contributed by atoms with Crippen molar-refractivity contribution in [2.24, 2.45) is 0 Å². The van der Waals surface area contributed by atoms with E-state index >= 15 is 0 Å². The van der Waals surface area contributed by atoms with Crippen LogP contribution in [-0.4, -0.2) is 16.9 Å². The zero-order valence-corrected chi connectivity index (χ0v) is 6.80. The number of carboxylic acid groups (broad SMARTS) is 1. The molecule has 1 N–H and O–H groups in total. The molecule has 0 bridgehead atoms. The van der Waals surface area contributed by atoms with Crippen LogP contribution in [0.5, 0.6) is 0 Å². The molecule has 3 nitrogen and oxygen atoms in total. The molecule has 0 saturated carbocycles. The summed E-state index contributed by atoms with van der Waals surface area (Å²) in [5, 5.41) is 8.26. The zero-order valence-electron chi connectivity index (χ0n) is 6.80. The van der Waals surface area contributed by atoms with Crippen LogP contribution in [0.4, 0.5) is 0 Å². The molecule has 0 atom stereocenters. The van der Waals surface area contributed by atoms with Gasteiger partial charge in [-0.3, -0.25) is 4.79 Å². The lowest BCUT2D eigenvalue weighted by molar-refractivity contribution is -0.137. The van der Waals surface area contributed by atoms with Crippen molar-refractivity contribution in [1.82, 2.24) is 0 Å². The molecule has 0 aromatic carbocycles. The molecule has 0 heterocycles. The molecular formula is C8H14O3. The maximum absolute atomic E-state index is 10.4. The van der Waals surface area contributed by atoms with Crippen molar-refractivity contribution in [3.05, 3.63) is 0 Å². The van der Waals surface area contributed by atoms with E-state index in [4.69, 9.17) is 5.11 Å². The van der Waals surface area contributed by atoms with Crippen molar-refractivity contribution in [3.63, 3.8) is 0 Å². The van der Waals surface area contributed by atoms with Crippen LogP contribution in [0, 0.1) is 0 Å². The lowest BCUT2D eigenvalue weighted by atomic mass is 10.1. The van der Waals surface area contributed by atoms with Crippen molar-refractivity contribution in [1.29, 1.82) is 0 Å². The molecule has 0 radical (unpaired) electrons. The van der Waals surface area contributed by atoms with E-state index < -0.39 is 5.97 Å². The van der Waals surface area contributed by atoms with E-state index in [0.29, 0.717) is 12.8 Å². The Hall–Kier alpha value is -0.860. The van der Waals surface area contributed by atoms with Gasteiger partial charge >= 0.3 is 5.97 Å².